The van der Waals surface area contributed by atoms with E-state index in [1.807, 2.05) is 39.4 Å². The number of carbonyl (C=O) groups is 2. The minimum atomic E-state index is -4.66. The van der Waals surface area contributed by atoms with E-state index in [1.165, 1.54) is 64.2 Å². The minimum absolute atomic E-state index is 0.0570. The van der Waals surface area contributed by atoms with Crippen molar-refractivity contribution >= 4 is 19.8 Å². The molecule has 10 heteroatoms. The molecule has 0 aliphatic rings. The molecule has 342 valence electrons. The van der Waals surface area contributed by atoms with Crippen LogP contribution in [0.3, 0.4) is 0 Å². The molecule has 0 aliphatic carbocycles. The summed E-state index contributed by atoms with van der Waals surface area (Å²) in [6.45, 7) is 4.02. The van der Waals surface area contributed by atoms with Gasteiger partial charge in [0, 0.05) is 12.8 Å². The fourth-order valence-corrected chi connectivity index (χ4v) is 6.20. The summed E-state index contributed by atoms with van der Waals surface area (Å²) < 4.78 is 33.8. The van der Waals surface area contributed by atoms with E-state index in [0.717, 1.165) is 51.4 Å². The monoisotopic (exact) mass is 858 g/mol. The summed E-state index contributed by atoms with van der Waals surface area (Å²) >= 11 is 0. The fraction of sp³-hybridized carbons (Fsp3) is 0.640. The van der Waals surface area contributed by atoms with Gasteiger partial charge in [0.15, 0.2) is 6.10 Å². The summed E-state index contributed by atoms with van der Waals surface area (Å²) in [4.78, 5) is 37.5. The maximum atomic E-state index is 12.7. The molecule has 0 saturated carbocycles. The van der Waals surface area contributed by atoms with Gasteiger partial charge in [0.2, 0.25) is 0 Å². The normalized spacial score (nSPS) is 14.4. The lowest BCUT2D eigenvalue weighted by atomic mass is 10.1. The van der Waals surface area contributed by atoms with Crippen LogP contribution in [0.4, 0.5) is 0 Å². The maximum absolute atomic E-state index is 12.7. The van der Waals surface area contributed by atoms with Crippen LogP contribution in [0.1, 0.15) is 155 Å². The van der Waals surface area contributed by atoms with Gasteiger partial charge in [0.05, 0.1) is 27.7 Å². The van der Waals surface area contributed by atoms with Crippen LogP contribution in [0.5, 0.6) is 0 Å². The number of likely N-dealkylation sites (N-methyl/N-ethyl adjacent to an activating group) is 1. The van der Waals surface area contributed by atoms with E-state index in [2.05, 4.69) is 92.8 Å². The van der Waals surface area contributed by atoms with Crippen LogP contribution in [0.2, 0.25) is 0 Å². The first kappa shape index (κ1) is 56.9. The summed E-state index contributed by atoms with van der Waals surface area (Å²) in [7, 11) is 1.08. The summed E-state index contributed by atoms with van der Waals surface area (Å²) in [5, 5.41) is 0. The summed E-state index contributed by atoms with van der Waals surface area (Å²) in [5.41, 5.74) is 0. The lowest BCUT2D eigenvalue weighted by Gasteiger charge is -2.28. The van der Waals surface area contributed by atoms with Crippen molar-refractivity contribution in [1.29, 1.82) is 0 Å². The predicted octanol–water partition coefficient (Wildman–Crippen LogP) is 12.7. The molecular weight excluding hydrogens is 774 g/mol. The number of phosphoric acid groups is 1. The Morgan fingerprint density at radius 3 is 1.43 bits per heavy atom. The first-order valence-corrected chi connectivity index (χ1v) is 24.4. The van der Waals surface area contributed by atoms with Crippen molar-refractivity contribution in [1.82, 2.24) is 0 Å². The maximum Gasteiger partial charge on any atom is 0.306 e. The number of phosphoric ester groups is 1. The van der Waals surface area contributed by atoms with Gasteiger partial charge < -0.3 is 27.9 Å². The van der Waals surface area contributed by atoms with Crippen molar-refractivity contribution in [2.75, 3.05) is 47.5 Å². The third-order valence-electron chi connectivity index (χ3n) is 9.09. The largest absolute Gasteiger partial charge is 0.756 e. The van der Waals surface area contributed by atoms with E-state index in [9.17, 15) is 19.0 Å². The molecule has 2 atom stereocenters. The zero-order chi connectivity index (χ0) is 44.3. The molecule has 9 nitrogen and oxygen atoms in total. The summed E-state index contributed by atoms with van der Waals surface area (Å²) in [5.74, 6) is -1.00. The predicted molar refractivity (Wildman–Crippen MR) is 249 cm³/mol. The lowest BCUT2D eigenvalue weighted by Crippen LogP contribution is -2.37. The molecular formula is C50H84NO8P. The molecule has 0 heterocycles. The van der Waals surface area contributed by atoms with Crippen molar-refractivity contribution in [3.8, 4) is 0 Å². The van der Waals surface area contributed by atoms with Gasteiger partial charge in [-0.25, -0.2) is 0 Å². The number of rotatable bonds is 40. The van der Waals surface area contributed by atoms with E-state index in [-0.39, 0.29) is 26.1 Å². The Labute approximate surface area is 366 Å². The fourth-order valence-electron chi connectivity index (χ4n) is 5.47. The van der Waals surface area contributed by atoms with Gasteiger partial charge in [-0.2, -0.15) is 0 Å². The third-order valence-corrected chi connectivity index (χ3v) is 10.1. The topological polar surface area (TPSA) is 111 Å². The van der Waals surface area contributed by atoms with Gasteiger partial charge in [0.25, 0.3) is 7.82 Å². The third kappa shape index (κ3) is 44.5. The highest BCUT2D eigenvalue weighted by Gasteiger charge is 2.21. The zero-order valence-electron chi connectivity index (χ0n) is 38.4. The molecule has 0 aromatic rings. The van der Waals surface area contributed by atoms with Crippen molar-refractivity contribution in [2.24, 2.45) is 0 Å². The van der Waals surface area contributed by atoms with Crippen LogP contribution in [0.15, 0.2) is 97.2 Å². The van der Waals surface area contributed by atoms with Crippen LogP contribution in [0.25, 0.3) is 0 Å². The SMILES string of the molecule is CCCCC/C=C\C/C=C\C/C=C\C/C=C\C/C=C\CCC(=O)O[C@H](COC(=O)CCC/C=C\C/C=C\C/C=C\CCCCCCCC)COP(=O)([O-])OCC[N+](C)(C)C. The van der Waals surface area contributed by atoms with Gasteiger partial charge in [-0.05, 0) is 83.5 Å². The molecule has 0 aliphatic heterocycles. The number of hydrogen-bond acceptors (Lipinski definition) is 8. The Balaban J connectivity index is 4.57. The van der Waals surface area contributed by atoms with E-state index < -0.39 is 32.5 Å². The summed E-state index contributed by atoms with van der Waals surface area (Å²) in [6, 6.07) is 0. The number of unbranched alkanes of at least 4 members (excludes halogenated alkanes) is 10. The lowest BCUT2D eigenvalue weighted by molar-refractivity contribution is -0.870. The second-order valence-corrected chi connectivity index (χ2v) is 17.5. The van der Waals surface area contributed by atoms with Crippen molar-refractivity contribution in [3.05, 3.63) is 97.2 Å². The molecule has 0 bridgehead atoms. The highest BCUT2D eigenvalue weighted by Crippen LogP contribution is 2.38. The standard InChI is InChI=1S/C50H84NO8P/c1-6-8-10-12-14-16-18-20-22-24-25-27-29-31-33-35-37-39-41-43-50(53)59-48(47-58-60(54,55)57-45-44-51(3,4)5)46-56-49(52)42-40-38-36-34-32-30-28-26-23-21-19-17-15-13-11-9-7-2/h14,16,20-23,25,27-28,30-31,33-34,36-37,39,48H,6-13,15,17-19,24,26,29,32,35,38,40-47H2,1-5H3/b16-14-,22-20-,23-21-,27-25-,30-28-,33-31-,36-34-,39-37-/t48-/m1/s1. The van der Waals surface area contributed by atoms with E-state index in [4.69, 9.17) is 18.5 Å². The number of nitrogens with zero attached hydrogens (tertiary/aromatic N) is 1. The highest BCUT2D eigenvalue weighted by atomic mass is 31.2. The Hall–Kier alpha value is -3.07. The number of esters is 2. The second-order valence-electron chi connectivity index (χ2n) is 16.1. The van der Waals surface area contributed by atoms with Gasteiger partial charge >= 0.3 is 11.9 Å². The Bertz CT molecular complexity index is 1340. The smallest absolute Gasteiger partial charge is 0.306 e. The molecule has 0 aromatic carbocycles. The number of ether oxygens (including phenoxy) is 2. The second kappa shape index (κ2) is 41.3. The Morgan fingerprint density at radius 1 is 0.517 bits per heavy atom. The molecule has 0 saturated heterocycles. The van der Waals surface area contributed by atoms with E-state index in [0.29, 0.717) is 23.9 Å². The quantitative estimate of drug-likeness (QED) is 0.0197. The van der Waals surface area contributed by atoms with Crippen LogP contribution in [0, 0.1) is 0 Å². The average molecular weight is 858 g/mol. The number of allylic oxidation sites excluding steroid dienone is 16. The van der Waals surface area contributed by atoms with Crippen LogP contribution >= 0.6 is 7.82 Å². The first-order valence-electron chi connectivity index (χ1n) is 22.9. The van der Waals surface area contributed by atoms with Crippen molar-refractivity contribution in [2.45, 2.75) is 161 Å². The molecule has 0 amide bonds. The summed E-state index contributed by atoms with van der Waals surface area (Å²) in [6.07, 6.45) is 54.6. The van der Waals surface area contributed by atoms with Crippen LogP contribution in [-0.4, -0.2) is 70.0 Å². The zero-order valence-corrected chi connectivity index (χ0v) is 39.3. The molecule has 1 unspecified atom stereocenters. The van der Waals surface area contributed by atoms with Gasteiger partial charge in [-0.1, -0.05) is 156 Å². The molecule has 0 fully saturated rings. The Morgan fingerprint density at radius 2 is 0.933 bits per heavy atom. The molecule has 0 N–H and O–H groups in total. The number of hydrogen-bond donors (Lipinski definition) is 0. The van der Waals surface area contributed by atoms with Crippen molar-refractivity contribution < 1.29 is 42.1 Å². The average Bonchev–Trinajstić information content (AvgIpc) is 3.20. The van der Waals surface area contributed by atoms with Crippen LogP contribution in [-0.2, 0) is 32.7 Å². The molecule has 0 aromatic heterocycles. The van der Waals surface area contributed by atoms with Gasteiger partial charge in [-0.15, -0.1) is 0 Å². The van der Waals surface area contributed by atoms with Gasteiger partial charge in [-0.3, -0.25) is 14.2 Å². The van der Waals surface area contributed by atoms with Gasteiger partial charge in [0.1, 0.15) is 19.8 Å². The Kier molecular flexibility index (Phi) is 39.2. The molecule has 0 spiro atoms. The molecule has 0 radical (unpaired) electrons. The van der Waals surface area contributed by atoms with E-state index >= 15 is 0 Å². The first-order chi connectivity index (χ1) is 29.0. The van der Waals surface area contributed by atoms with Crippen LogP contribution < -0.4 is 4.89 Å². The van der Waals surface area contributed by atoms with E-state index in [1.54, 1.807) is 0 Å². The number of quaternary nitrogens is 1. The minimum Gasteiger partial charge on any atom is -0.756 e. The molecule has 60 heavy (non-hydrogen) atoms. The molecule has 0 rings (SSSR count). The number of carbonyl (C=O) groups excluding carboxylic acids is 2. The highest BCUT2D eigenvalue weighted by molar-refractivity contribution is 7.45. The van der Waals surface area contributed by atoms with Crippen molar-refractivity contribution in [3.63, 3.8) is 0 Å².